The first-order valence-corrected chi connectivity index (χ1v) is 6.74. The lowest BCUT2D eigenvalue weighted by molar-refractivity contribution is 0.358. The van der Waals surface area contributed by atoms with Crippen molar-refractivity contribution >= 4 is 21.7 Å². The standard InChI is InChI=1S/C17H17NO3/c1-9-7-15(19)18-16-10(2)11-5-6-14(20-3)17(21-4)13(11)8-12(9)16/h5-8H,1-4H3,(H,18,19). The molecule has 1 heterocycles. The van der Waals surface area contributed by atoms with Crippen molar-refractivity contribution in [2.75, 3.05) is 14.2 Å². The van der Waals surface area contributed by atoms with Crippen LogP contribution >= 0.6 is 0 Å². The molecule has 0 aliphatic rings. The van der Waals surface area contributed by atoms with Crippen molar-refractivity contribution in [2.24, 2.45) is 0 Å². The number of rotatable bonds is 2. The summed E-state index contributed by atoms with van der Waals surface area (Å²) in [5.41, 5.74) is 2.77. The molecule has 108 valence electrons. The van der Waals surface area contributed by atoms with Gasteiger partial charge in [-0.1, -0.05) is 6.07 Å². The van der Waals surface area contributed by atoms with Crippen LogP contribution in [0.1, 0.15) is 11.1 Å². The van der Waals surface area contributed by atoms with Crippen LogP contribution in [0.25, 0.3) is 21.7 Å². The number of methoxy groups -OCH3 is 2. The number of aromatic amines is 1. The van der Waals surface area contributed by atoms with Crippen LogP contribution in [0, 0.1) is 13.8 Å². The van der Waals surface area contributed by atoms with E-state index in [-0.39, 0.29) is 5.56 Å². The van der Waals surface area contributed by atoms with E-state index in [9.17, 15) is 4.79 Å². The summed E-state index contributed by atoms with van der Waals surface area (Å²) < 4.78 is 10.9. The highest BCUT2D eigenvalue weighted by Crippen LogP contribution is 2.39. The van der Waals surface area contributed by atoms with Crippen molar-refractivity contribution in [2.45, 2.75) is 13.8 Å². The van der Waals surface area contributed by atoms with Crippen molar-refractivity contribution < 1.29 is 9.47 Å². The lowest BCUT2D eigenvalue weighted by Crippen LogP contribution is -2.06. The highest BCUT2D eigenvalue weighted by atomic mass is 16.5. The van der Waals surface area contributed by atoms with E-state index in [1.54, 1.807) is 20.3 Å². The maximum absolute atomic E-state index is 11.7. The molecule has 21 heavy (non-hydrogen) atoms. The Morgan fingerprint density at radius 3 is 2.38 bits per heavy atom. The highest BCUT2D eigenvalue weighted by molar-refractivity contribution is 6.04. The van der Waals surface area contributed by atoms with Crippen LogP contribution in [-0.2, 0) is 0 Å². The van der Waals surface area contributed by atoms with Crippen LogP contribution in [0.5, 0.6) is 11.5 Å². The van der Waals surface area contributed by atoms with Gasteiger partial charge in [-0.05, 0) is 42.5 Å². The lowest BCUT2D eigenvalue weighted by atomic mass is 9.98. The lowest BCUT2D eigenvalue weighted by Gasteiger charge is -2.14. The monoisotopic (exact) mass is 283 g/mol. The minimum atomic E-state index is -0.0806. The fourth-order valence-electron chi connectivity index (χ4n) is 2.88. The molecule has 1 N–H and O–H groups in total. The maximum atomic E-state index is 11.7. The summed E-state index contributed by atoms with van der Waals surface area (Å²) in [6, 6.07) is 7.53. The number of nitrogens with one attached hydrogen (secondary N) is 1. The van der Waals surface area contributed by atoms with Gasteiger partial charge in [0.2, 0.25) is 5.56 Å². The molecule has 0 aliphatic carbocycles. The molecule has 0 spiro atoms. The summed E-state index contributed by atoms with van der Waals surface area (Å²) in [6.07, 6.45) is 0. The summed E-state index contributed by atoms with van der Waals surface area (Å²) in [5.74, 6) is 1.41. The zero-order valence-electron chi connectivity index (χ0n) is 12.5. The molecule has 0 aliphatic heterocycles. The fraction of sp³-hybridized carbons (Fsp3) is 0.235. The third-order valence-electron chi connectivity index (χ3n) is 3.94. The molecule has 0 radical (unpaired) electrons. The first-order valence-electron chi connectivity index (χ1n) is 6.74. The van der Waals surface area contributed by atoms with E-state index in [1.165, 1.54) is 0 Å². The smallest absolute Gasteiger partial charge is 0.248 e. The van der Waals surface area contributed by atoms with Crippen molar-refractivity contribution in [1.82, 2.24) is 4.98 Å². The van der Waals surface area contributed by atoms with E-state index in [0.717, 1.165) is 32.8 Å². The molecule has 4 nitrogen and oxygen atoms in total. The molecule has 0 amide bonds. The minimum absolute atomic E-state index is 0.0806. The van der Waals surface area contributed by atoms with Gasteiger partial charge in [0.05, 0.1) is 19.7 Å². The second-order valence-corrected chi connectivity index (χ2v) is 5.14. The topological polar surface area (TPSA) is 51.3 Å². The second kappa shape index (κ2) is 4.81. The van der Waals surface area contributed by atoms with Crippen molar-refractivity contribution in [3.8, 4) is 11.5 Å². The predicted octanol–water partition coefficient (Wildman–Crippen LogP) is 3.32. The molecule has 3 rings (SSSR count). The normalized spacial score (nSPS) is 11.0. The molecule has 0 saturated carbocycles. The van der Waals surface area contributed by atoms with Crippen molar-refractivity contribution in [3.05, 3.63) is 45.7 Å². The van der Waals surface area contributed by atoms with Crippen LogP contribution in [0.15, 0.2) is 29.1 Å². The van der Waals surface area contributed by atoms with E-state index in [4.69, 9.17) is 9.47 Å². The fourth-order valence-corrected chi connectivity index (χ4v) is 2.88. The Labute approximate surface area is 122 Å². The third kappa shape index (κ3) is 1.95. The van der Waals surface area contributed by atoms with Gasteiger partial charge in [-0.25, -0.2) is 0 Å². The molecule has 4 heteroatoms. The van der Waals surface area contributed by atoms with Gasteiger partial charge in [0.15, 0.2) is 11.5 Å². The molecule has 2 aromatic carbocycles. The SMILES string of the molecule is COc1ccc2c(C)c3[nH]c(=O)cc(C)c3cc2c1OC. The number of aromatic nitrogens is 1. The molecule has 0 bridgehead atoms. The molecule has 1 aromatic heterocycles. The summed E-state index contributed by atoms with van der Waals surface area (Å²) in [6.45, 7) is 3.95. The third-order valence-corrected chi connectivity index (χ3v) is 3.94. The summed E-state index contributed by atoms with van der Waals surface area (Å²) in [7, 11) is 3.26. The number of benzene rings is 2. The maximum Gasteiger partial charge on any atom is 0.248 e. The quantitative estimate of drug-likeness (QED) is 0.734. The number of H-pyrrole nitrogens is 1. The molecule has 0 fully saturated rings. The highest BCUT2D eigenvalue weighted by Gasteiger charge is 2.14. The first-order chi connectivity index (χ1) is 10.1. The largest absolute Gasteiger partial charge is 0.493 e. The molecule has 0 unspecified atom stereocenters. The van der Waals surface area contributed by atoms with Crippen molar-refractivity contribution in [3.63, 3.8) is 0 Å². The number of ether oxygens (including phenoxy) is 2. The predicted molar refractivity (Wildman–Crippen MR) is 84.7 cm³/mol. The van der Waals surface area contributed by atoms with Crippen LogP contribution in [0.4, 0.5) is 0 Å². The molecular formula is C17H17NO3. The van der Waals surface area contributed by atoms with E-state index < -0.39 is 0 Å². The van der Waals surface area contributed by atoms with Crippen LogP contribution in [0.2, 0.25) is 0 Å². The van der Waals surface area contributed by atoms with Crippen LogP contribution in [0.3, 0.4) is 0 Å². The summed E-state index contributed by atoms with van der Waals surface area (Å²) >= 11 is 0. The van der Waals surface area contributed by atoms with E-state index >= 15 is 0 Å². The van der Waals surface area contributed by atoms with E-state index in [1.807, 2.05) is 32.0 Å². The summed E-state index contributed by atoms with van der Waals surface area (Å²) in [5, 5.41) is 3.05. The van der Waals surface area contributed by atoms with E-state index in [2.05, 4.69) is 4.98 Å². The second-order valence-electron chi connectivity index (χ2n) is 5.14. The van der Waals surface area contributed by atoms with Gasteiger partial charge in [0.25, 0.3) is 0 Å². The number of hydrogen-bond acceptors (Lipinski definition) is 3. The van der Waals surface area contributed by atoms with Gasteiger partial charge >= 0.3 is 0 Å². The minimum Gasteiger partial charge on any atom is -0.493 e. The van der Waals surface area contributed by atoms with Gasteiger partial charge in [0.1, 0.15) is 0 Å². The Morgan fingerprint density at radius 1 is 0.952 bits per heavy atom. The van der Waals surface area contributed by atoms with Crippen LogP contribution < -0.4 is 15.0 Å². The Balaban J connectivity index is 2.56. The average Bonchev–Trinajstić information content (AvgIpc) is 2.47. The molecule has 0 saturated heterocycles. The van der Waals surface area contributed by atoms with Gasteiger partial charge in [-0.2, -0.15) is 0 Å². The van der Waals surface area contributed by atoms with Crippen LogP contribution in [-0.4, -0.2) is 19.2 Å². The number of fused-ring (bicyclic) bond motifs is 2. The molecule has 0 atom stereocenters. The van der Waals surface area contributed by atoms with Crippen molar-refractivity contribution in [1.29, 1.82) is 0 Å². The first kappa shape index (κ1) is 13.5. The number of pyridine rings is 1. The Morgan fingerprint density at radius 2 is 1.71 bits per heavy atom. The number of hydrogen-bond donors (Lipinski definition) is 1. The van der Waals surface area contributed by atoms with Gasteiger partial charge in [-0.15, -0.1) is 0 Å². The van der Waals surface area contributed by atoms with E-state index in [0.29, 0.717) is 11.5 Å². The Kier molecular flexibility index (Phi) is 3.09. The van der Waals surface area contributed by atoms with Gasteiger partial charge < -0.3 is 14.5 Å². The summed E-state index contributed by atoms with van der Waals surface area (Å²) in [4.78, 5) is 14.6. The van der Waals surface area contributed by atoms with Gasteiger partial charge in [0, 0.05) is 16.8 Å². The van der Waals surface area contributed by atoms with Gasteiger partial charge in [-0.3, -0.25) is 4.79 Å². The molecular weight excluding hydrogens is 266 g/mol. The molecule has 3 aromatic rings. The Hall–Kier alpha value is -2.49. The Bertz CT molecular complexity index is 909. The average molecular weight is 283 g/mol. The zero-order valence-corrected chi connectivity index (χ0v) is 12.5. The zero-order chi connectivity index (χ0) is 15.1. The number of aryl methyl sites for hydroxylation is 2.